The lowest BCUT2D eigenvalue weighted by atomic mass is 10.0. The number of hydrogen-bond donors (Lipinski definition) is 2. The molecule has 1 saturated carbocycles. The van der Waals surface area contributed by atoms with Crippen molar-refractivity contribution < 1.29 is 14.3 Å². The van der Waals surface area contributed by atoms with Crippen LogP contribution in [-0.4, -0.2) is 52.0 Å². The topological polar surface area (TPSA) is 87.3 Å². The number of amides is 2. The number of carbonyl (C=O) groups excluding carboxylic acids is 2. The molecule has 2 amide bonds. The number of ether oxygens (including phenoxy) is 1. The van der Waals surface area contributed by atoms with E-state index in [2.05, 4.69) is 15.3 Å². The lowest BCUT2D eigenvalue weighted by Crippen LogP contribution is -2.48. The van der Waals surface area contributed by atoms with E-state index in [0.29, 0.717) is 18.8 Å². The molecule has 1 aliphatic carbocycles. The molecule has 3 heterocycles. The van der Waals surface area contributed by atoms with Crippen molar-refractivity contribution in [2.75, 3.05) is 13.2 Å². The van der Waals surface area contributed by atoms with Crippen molar-refractivity contribution in [1.82, 2.24) is 20.2 Å². The number of rotatable bonds is 8. The molecule has 7 heteroatoms. The highest BCUT2D eigenvalue weighted by molar-refractivity contribution is 5.97. The molecule has 2 aromatic heterocycles. The first kappa shape index (κ1) is 23.3. The fourth-order valence-electron chi connectivity index (χ4n) is 5.14. The van der Waals surface area contributed by atoms with Gasteiger partial charge in [-0.15, -0.1) is 0 Å². The molecule has 7 nitrogen and oxygen atoms in total. The summed E-state index contributed by atoms with van der Waals surface area (Å²) in [7, 11) is 0. The third-order valence-electron chi connectivity index (χ3n) is 6.97. The molecule has 1 aromatic carbocycles. The minimum absolute atomic E-state index is 0.0916. The Kier molecular flexibility index (Phi) is 7.23. The van der Waals surface area contributed by atoms with Gasteiger partial charge in [0.15, 0.2) is 0 Å². The van der Waals surface area contributed by atoms with Crippen LogP contribution in [0.1, 0.15) is 60.6 Å². The predicted octanol–water partition coefficient (Wildman–Crippen LogP) is 4.50. The van der Waals surface area contributed by atoms with Crippen molar-refractivity contribution in [3.8, 4) is 11.3 Å². The minimum Gasteiger partial charge on any atom is -0.376 e. The molecule has 1 saturated heterocycles. The van der Waals surface area contributed by atoms with Gasteiger partial charge in [0.2, 0.25) is 5.91 Å². The van der Waals surface area contributed by atoms with E-state index in [1.165, 1.54) is 0 Å². The lowest BCUT2D eigenvalue weighted by Gasteiger charge is -2.33. The van der Waals surface area contributed by atoms with E-state index < -0.39 is 6.04 Å². The Morgan fingerprint density at radius 1 is 1.00 bits per heavy atom. The molecule has 35 heavy (non-hydrogen) atoms. The molecule has 0 unspecified atom stereocenters. The molecule has 0 spiro atoms. The van der Waals surface area contributed by atoms with Crippen LogP contribution in [0.25, 0.3) is 11.3 Å². The van der Waals surface area contributed by atoms with Crippen molar-refractivity contribution in [3.05, 3.63) is 78.2 Å². The van der Waals surface area contributed by atoms with Crippen LogP contribution in [-0.2, 0) is 9.53 Å². The van der Waals surface area contributed by atoms with Gasteiger partial charge in [0.25, 0.3) is 5.91 Å². The van der Waals surface area contributed by atoms with Crippen LogP contribution >= 0.6 is 0 Å². The Morgan fingerprint density at radius 3 is 2.49 bits per heavy atom. The molecule has 182 valence electrons. The van der Waals surface area contributed by atoms with Crippen molar-refractivity contribution in [2.24, 2.45) is 0 Å². The molecule has 2 fully saturated rings. The van der Waals surface area contributed by atoms with E-state index in [-0.39, 0.29) is 24.0 Å². The highest BCUT2D eigenvalue weighted by Crippen LogP contribution is 2.28. The second kappa shape index (κ2) is 10.9. The van der Waals surface area contributed by atoms with Crippen molar-refractivity contribution >= 4 is 11.8 Å². The van der Waals surface area contributed by atoms with Gasteiger partial charge in [0.1, 0.15) is 11.7 Å². The van der Waals surface area contributed by atoms with Gasteiger partial charge in [-0.25, -0.2) is 0 Å². The molecule has 2 atom stereocenters. The molecule has 2 aliphatic rings. The van der Waals surface area contributed by atoms with Crippen LogP contribution in [0.3, 0.4) is 0 Å². The molecular formula is C28H32N4O3. The van der Waals surface area contributed by atoms with Gasteiger partial charge in [-0.05, 0) is 61.1 Å². The standard InChI is InChI=1S/C28H32N4O3/c33-27(30-22-9-4-5-10-22)26(21-14-16-29-17-15-21)32(19-23-11-6-18-35-23)28(34)25-13-12-24(31-25)20-7-2-1-3-8-20/h1-3,7-8,12-17,22-23,26,31H,4-6,9-11,18-19H2,(H,30,33)/t23-,26+/m0/s1. The van der Waals surface area contributed by atoms with Crippen LogP contribution in [0.4, 0.5) is 0 Å². The summed E-state index contributed by atoms with van der Waals surface area (Å²) in [5.41, 5.74) is 3.06. The zero-order valence-corrected chi connectivity index (χ0v) is 19.9. The molecule has 2 N–H and O–H groups in total. The summed E-state index contributed by atoms with van der Waals surface area (Å²) in [6.07, 6.45) is 9.27. The number of nitrogens with zero attached hydrogens (tertiary/aromatic N) is 2. The zero-order chi connectivity index (χ0) is 24.0. The fraction of sp³-hybridized carbons (Fsp3) is 0.393. The maximum Gasteiger partial charge on any atom is 0.271 e. The maximum atomic E-state index is 14.0. The number of hydrogen-bond acceptors (Lipinski definition) is 4. The van der Waals surface area contributed by atoms with Gasteiger partial charge in [-0.3, -0.25) is 14.6 Å². The lowest BCUT2D eigenvalue weighted by molar-refractivity contribution is -0.127. The van der Waals surface area contributed by atoms with E-state index in [4.69, 9.17) is 4.74 Å². The Balaban J connectivity index is 1.48. The summed E-state index contributed by atoms with van der Waals surface area (Å²) in [6, 6.07) is 16.6. The smallest absolute Gasteiger partial charge is 0.271 e. The second-order valence-electron chi connectivity index (χ2n) is 9.42. The number of aromatic nitrogens is 2. The summed E-state index contributed by atoms with van der Waals surface area (Å²) >= 11 is 0. The number of carbonyl (C=O) groups is 2. The second-order valence-corrected chi connectivity index (χ2v) is 9.42. The van der Waals surface area contributed by atoms with Gasteiger partial charge in [-0.2, -0.15) is 0 Å². The molecule has 1 aliphatic heterocycles. The Bertz CT molecular complexity index is 1120. The molecular weight excluding hydrogens is 440 g/mol. The van der Waals surface area contributed by atoms with Crippen molar-refractivity contribution in [2.45, 2.75) is 56.7 Å². The Hall–Kier alpha value is -3.45. The van der Waals surface area contributed by atoms with E-state index in [1.54, 1.807) is 23.4 Å². The number of aromatic amines is 1. The average molecular weight is 473 g/mol. The molecule has 0 bridgehead atoms. The summed E-state index contributed by atoms with van der Waals surface area (Å²) in [5.74, 6) is -0.365. The highest BCUT2D eigenvalue weighted by atomic mass is 16.5. The van der Waals surface area contributed by atoms with Crippen LogP contribution in [0.2, 0.25) is 0 Å². The number of benzene rings is 1. The van der Waals surface area contributed by atoms with E-state index in [0.717, 1.165) is 55.3 Å². The third-order valence-corrected chi connectivity index (χ3v) is 6.97. The van der Waals surface area contributed by atoms with Gasteiger partial charge in [0, 0.05) is 37.3 Å². The number of nitrogens with one attached hydrogen (secondary N) is 2. The molecule has 3 aromatic rings. The van der Waals surface area contributed by atoms with Crippen LogP contribution in [0.5, 0.6) is 0 Å². The first-order valence-electron chi connectivity index (χ1n) is 12.6. The monoisotopic (exact) mass is 472 g/mol. The fourth-order valence-corrected chi connectivity index (χ4v) is 5.14. The van der Waals surface area contributed by atoms with Crippen molar-refractivity contribution in [3.63, 3.8) is 0 Å². The van der Waals surface area contributed by atoms with Gasteiger partial charge >= 0.3 is 0 Å². The van der Waals surface area contributed by atoms with Gasteiger partial charge < -0.3 is 19.9 Å². The summed E-state index contributed by atoms with van der Waals surface area (Å²) in [5, 5.41) is 3.22. The predicted molar refractivity (Wildman–Crippen MR) is 134 cm³/mol. The normalized spacial score (nSPS) is 18.9. The van der Waals surface area contributed by atoms with Gasteiger partial charge in [-0.1, -0.05) is 43.2 Å². The van der Waals surface area contributed by atoms with E-state index in [1.807, 2.05) is 48.5 Å². The number of pyridine rings is 1. The van der Waals surface area contributed by atoms with E-state index >= 15 is 0 Å². The Morgan fingerprint density at radius 2 is 1.77 bits per heavy atom. The SMILES string of the molecule is O=C(NC1CCCC1)[C@@H](c1ccncc1)N(C[C@@H]1CCCO1)C(=O)c1ccc(-c2ccccc2)[nH]1. The molecule has 0 radical (unpaired) electrons. The summed E-state index contributed by atoms with van der Waals surface area (Å²) < 4.78 is 5.90. The first-order chi connectivity index (χ1) is 17.2. The quantitative estimate of drug-likeness (QED) is 0.505. The summed E-state index contributed by atoms with van der Waals surface area (Å²) in [4.78, 5) is 36.8. The zero-order valence-electron chi connectivity index (χ0n) is 19.9. The third kappa shape index (κ3) is 5.46. The van der Waals surface area contributed by atoms with Crippen LogP contribution < -0.4 is 5.32 Å². The average Bonchev–Trinajstić information content (AvgIpc) is 3.68. The first-order valence-corrected chi connectivity index (χ1v) is 12.6. The van der Waals surface area contributed by atoms with Crippen LogP contribution in [0, 0.1) is 0 Å². The van der Waals surface area contributed by atoms with E-state index in [9.17, 15) is 9.59 Å². The number of H-pyrrole nitrogens is 1. The van der Waals surface area contributed by atoms with Crippen molar-refractivity contribution in [1.29, 1.82) is 0 Å². The summed E-state index contributed by atoms with van der Waals surface area (Å²) in [6.45, 7) is 1.03. The van der Waals surface area contributed by atoms with Crippen LogP contribution in [0.15, 0.2) is 67.0 Å². The molecule has 5 rings (SSSR count). The minimum atomic E-state index is -0.765. The Labute approximate surface area is 205 Å². The maximum absolute atomic E-state index is 14.0. The highest BCUT2D eigenvalue weighted by Gasteiger charge is 2.36. The largest absolute Gasteiger partial charge is 0.376 e. The van der Waals surface area contributed by atoms with Gasteiger partial charge in [0.05, 0.1) is 6.10 Å².